The predicted octanol–water partition coefficient (Wildman–Crippen LogP) is 10.9. The van der Waals surface area contributed by atoms with Crippen LogP contribution in [0.25, 0.3) is 0 Å². The van der Waals surface area contributed by atoms with Gasteiger partial charge < -0.3 is 4.74 Å². The summed E-state index contributed by atoms with van der Waals surface area (Å²) in [4.78, 5) is 0. The van der Waals surface area contributed by atoms with E-state index in [1.165, 1.54) is 147 Å². The summed E-state index contributed by atoms with van der Waals surface area (Å²) in [6, 6.07) is 0. The van der Waals surface area contributed by atoms with Gasteiger partial charge in [0.05, 0.1) is 12.9 Å². The van der Waals surface area contributed by atoms with E-state index >= 15 is 0 Å². The lowest BCUT2D eigenvalue weighted by Gasteiger charge is -2.04. The molecule has 1 heteroatoms. The van der Waals surface area contributed by atoms with Gasteiger partial charge in [0.15, 0.2) is 0 Å². The first-order valence-corrected chi connectivity index (χ1v) is 14.1. The minimum Gasteiger partial charge on any atom is -0.501 e. The molecule has 0 rings (SSSR count). The Kier molecular flexibility index (Phi) is 26.2. The van der Waals surface area contributed by atoms with Gasteiger partial charge in [0.1, 0.15) is 0 Å². The SMILES string of the molecule is CCCCCCCCCCCCCCCCCCCCCCCCO/C=C(\C)CC. The number of unbranched alkanes of at least 4 members (excludes halogenated alkanes) is 21. The first-order chi connectivity index (χ1) is 14.8. The molecule has 30 heavy (non-hydrogen) atoms. The van der Waals surface area contributed by atoms with Gasteiger partial charge in [-0.05, 0) is 25.3 Å². The van der Waals surface area contributed by atoms with Crippen LogP contribution in [0.3, 0.4) is 0 Å². The van der Waals surface area contributed by atoms with Crippen molar-refractivity contribution >= 4 is 0 Å². The quantitative estimate of drug-likeness (QED) is 0.105. The maximum absolute atomic E-state index is 5.57. The first kappa shape index (κ1) is 29.5. The fourth-order valence-electron chi connectivity index (χ4n) is 4.08. The smallest absolute Gasteiger partial charge is 0.0873 e. The molecule has 0 aromatic rings. The van der Waals surface area contributed by atoms with E-state index in [1.807, 2.05) is 6.26 Å². The zero-order valence-electron chi connectivity index (χ0n) is 21.5. The molecule has 180 valence electrons. The normalized spacial score (nSPS) is 11.9. The van der Waals surface area contributed by atoms with Crippen molar-refractivity contribution in [2.45, 2.75) is 168 Å². The van der Waals surface area contributed by atoms with Crippen LogP contribution in [0.4, 0.5) is 0 Å². The highest BCUT2D eigenvalue weighted by Gasteiger charge is 1.96. The molecule has 0 aromatic heterocycles. The van der Waals surface area contributed by atoms with Gasteiger partial charge >= 0.3 is 0 Å². The summed E-state index contributed by atoms with van der Waals surface area (Å²) >= 11 is 0. The molecular formula is C29H58O. The van der Waals surface area contributed by atoms with E-state index < -0.39 is 0 Å². The van der Waals surface area contributed by atoms with E-state index in [4.69, 9.17) is 4.74 Å². The van der Waals surface area contributed by atoms with Crippen molar-refractivity contribution < 1.29 is 4.74 Å². The maximum Gasteiger partial charge on any atom is 0.0873 e. The van der Waals surface area contributed by atoms with Crippen molar-refractivity contribution in [3.05, 3.63) is 11.8 Å². The standard InChI is InChI=1S/C29H58O/c1-4-6-7-8-9-10-11-12-13-14-15-16-17-18-19-20-21-22-23-24-25-26-27-30-28-29(3)5-2/h28H,4-27H2,1-3H3/b29-28+. The molecule has 0 unspecified atom stereocenters. The van der Waals surface area contributed by atoms with E-state index in [2.05, 4.69) is 20.8 Å². The molecule has 0 aliphatic rings. The van der Waals surface area contributed by atoms with Crippen molar-refractivity contribution in [3.63, 3.8) is 0 Å². The van der Waals surface area contributed by atoms with E-state index in [9.17, 15) is 0 Å². The summed E-state index contributed by atoms with van der Waals surface area (Å²) in [7, 11) is 0. The second kappa shape index (κ2) is 26.6. The summed E-state index contributed by atoms with van der Waals surface area (Å²) in [5.41, 5.74) is 1.34. The highest BCUT2D eigenvalue weighted by atomic mass is 16.5. The Morgan fingerprint density at radius 2 is 0.767 bits per heavy atom. The second-order valence-corrected chi connectivity index (χ2v) is 9.61. The summed E-state index contributed by atoms with van der Waals surface area (Å²) < 4.78 is 5.57. The van der Waals surface area contributed by atoms with Gasteiger partial charge in [0.25, 0.3) is 0 Å². The van der Waals surface area contributed by atoms with Crippen LogP contribution in [-0.2, 0) is 4.74 Å². The van der Waals surface area contributed by atoms with Gasteiger partial charge in [-0.15, -0.1) is 0 Å². The zero-order chi connectivity index (χ0) is 22.0. The van der Waals surface area contributed by atoms with Gasteiger partial charge in [-0.1, -0.05) is 149 Å². The van der Waals surface area contributed by atoms with Crippen LogP contribution in [0.1, 0.15) is 168 Å². The van der Waals surface area contributed by atoms with Gasteiger partial charge in [-0.2, -0.15) is 0 Å². The zero-order valence-corrected chi connectivity index (χ0v) is 21.5. The van der Waals surface area contributed by atoms with Crippen LogP contribution in [0.15, 0.2) is 11.8 Å². The summed E-state index contributed by atoms with van der Waals surface area (Å²) in [5, 5.41) is 0. The summed E-state index contributed by atoms with van der Waals surface area (Å²) in [6.07, 6.45) is 34.7. The minimum atomic E-state index is 0.899. The molecular weight excluding hydrogens is 364 g/mol. The number of hydrogen-bond donors (Lipinski definition) is 0. The van der Waals surface area contributed by atoms with Gasteiger partial charge in [-0.25, -0.2) is 0 Å². The lowest BCUT2D eigenvalue weighted by molar-refractivity contribution is 0.237. The van der Waals surface area contributed by atoms with Crippen molar-refractivity contribution in [2.24, 2.45) is 0 Å². The molecule has 0 atom stereocenters. The number of ether oxygens (including phenoxy) is 1. The molecule has 0 aliphatic heterocycles. The molecule has 0 heterocycles. The Bertz CT molecular complexity index is 333. The Morgan fingerprint density at radius 1 is 0.467 bits per heavy atom. The molecule has 1 nitrogen and oxygen atoms in total. The third kappa shape index (κ3) is 25.6. The topological polar surface area (TPSA) is 9.23 Å². The molecule has 0 saturated carbocycles. The number of hydrogen-bond acceptors (Lipinski definition) is 1. The Hall–Kier alpha value is -0.460. The third-order valence-corrected chi connectivity index (χ3v) is 6.46. The van der Waals surface area contributed by atoms with Crippen LogP contribution in [0.5, 0.6) is 0 Å². The van der Waals surface area contributed by atoms with E-state index in [0.717, 1.165) is 13.0 Å². The molecule has 0 bridgehead atoms. The fraction of sp³-hybridized carbons (Fsp3) is 0.931. The lowest BCUT2D eigenvalue weighted by atomic mass is 10.0. The van der Waals surface area contributed by atoms with Crippen LogP contribution in [-0.4, -0.2) is 6.61 Å². The average Bonchev–Trinajstić information content (AvgIpc) is 2.76. The van der Waals surface area contributed by atoms with Crippen molar-refractivity contribution in [2.75, 3.05) is 6.61 Å². The van der Waals surface area contributed by atoms with E-state index in [-0.39, 0.29) is 0 Å². The first-order valence-electron chi connectivity index (χ1n) is 14.1. The molecule has 0 radical (unpaired) electrons. The highest BCUT2D eigenvalue weighted by Crippen LogP contribution is 2.15. The van der Waals surface area contributed by atoms with Gasteiger partial charge in [0, 0.05) is 0 Å². The van der Waals surface area contributed by atoms with Gasteiger partial charge in [-0.3, -0.25) is 0 Å². The molecule has 0 aliphatic carbocycles. The van der Waals surface area contributed by atoms with E-state index in [1.54, 1.807) is 0 Å². The molecule has 0 amide bonds. The van der Waals surface area contributed by atoms with Crippen molar-refractivity contribution in [3.8, 4) is 0 Å². The van der Waals surface area contributed by atoms with Crippen LogP contribution in [0.2, 0.25) is 0 Å². The third-order valence-electron chi connectivity index (χ3n) is 6.46. The van der Waals surface area contributed by atoms with E-state index in [0.29, 0.717) is 0 Å². The average molecular weight is 423 g/mol. The highest BCUT2D eigenvalue weighted by molar-refractivity contribution is 4.90. The van der Waals surface area contributed by atoms with Crippen LogP contribution >= 0.6 is 0 Å². The van der Waals surface area contributed by atoms with Crippen molar-refractivity contribution in [1.82, 2.24) is 0 Å². The largest absolute Gasteiger partial charge is 0.501 e. The second-order valence-electron chi connectivity index (χ2n) is 9.61. The monoisotopic (exact) mass is 422 g/mol. The fourth-order valence-corrected chi connectivity index (χ4v) is 4.08. The van der Waals surface area contributed by atoms with Gasteiger partial charge in [0.2, 0.25) is 0 Å². The predicted molar refractivity (Wildman–Crippen MR) is 137 cm³/mol. The Labute approximate surface area is 191 Å². The number of rotatable bonds is 25. The summed E-state index contributed by atoms with van der Waals surface area (Å²) in [6.45, 7) is 7.51. The Balaban J connectivity index is 3.03. The number of allylic oxidation sites excluding steroid dienone is 1. The molecule has 0 fully saturated rings. The minimum absolute atomic E-state index is 0.899. The summed E-state index contributed by atoms with van der Waals surface area (Å²) in [5.74, 6) is 0. The van der Waals surface area contributed by atoms with Crippen molar-refractivity contribution in [1.29, 1.82) is 0 Å². The molecule has 0 N–H and O–H groups in total. The maximum atomic E-state index is 5.57. The lowest BCUT2D eigenvalue weighted by Crippen LogP contribution is -1.89. The molecule has 0 aromatic carbocycles. The van der Waals surface area contributed by atoms with Crippen LogP contribution in [0, 0.1) is 0 Å². The Morgan fingerprint density at radius 3 is 1.07 bits per heavy atom. The van der Waals surface area contributed by atoms with Crippen LogP contribution < -0.4 is 0 Å². The molecule has 0 saturated heterocycles. The molecule has 0 spiro atoms.